The molecule has 0 aliphatic carbocycles. The fourth-order valence-electron chi connectivity index (χ4n) is 3.34. The van der Waals surface area contributed by atoms with Crippen LogP contribution in [0.25, 0.3) is 0 Å². The van der Waals surface area contributed by atoms with Crippen LogP contribution in [-0.4, -0.2) is 76.3 Å². The third-order valence-electron chi connectivity index (χ3n) is 4.59. The van der Waals surface area contributed by atoms with Crippen molar-refractivity contribution in [2.75, 3.05) is 46.0 Å². The molecular weight excluding hydrogens is 292 g/mol. The molecular formula is C13H26N4O3S. The highest BCUT2D eigenvalue weighted by Crippen LogP contribution is 2.29. The molecule has 21 heavy (non-hydrogen) atoms. The van der Waals surface area contributed by atoms with Gasteiger partial charge in [0.1, 0.15) is 0 Å². The second-order valence-electron chi connectivity index (χ2n) is 5.94. The van der Waals surface area contributed by atoms with E-state index in [0.29, 0.717) is 12.0 Å². The molecule has 0 aromatic carbocycles. The first kappa shape index (κ1) is 16.5. The molecule has 0 aromatic rings. The summed E-state index contributed by atoms with van der Waals surface area (Å²) >= 11 is 0. The number of carbonyl (C=O) groups excluding carboxylic acids is 1. The zero-order chi connectivity index (χ0) is 15.5. The average molecular weight is 318 g/mol. The molecule has 2 aliphatic rings. The van der Waals surface area contributed by atoms with Crippen LogP contribution in [0.4, 0.5) is 4.79 Å². The summed E-state index contributed by atoms with van der Waals surface area (Å²) in [4.78, 5) is 16.3. The van der Waals surface area contributed by atoms with Crippen LogP contribution in [0.15, 0.2) is 0 Å². The van der Waals surface area contributed by atoms with Gasteiger partial charge in [0.25, 0.3) is 0 Å². The zero-order valence-corrected chi connectivity index (χ0v) is 13.7. The first-order valence-electron chi connectivity index (χ1n) is 7.57. The number of urea groups is 1. The monoisotopic (exact) mass is 318 g/mol. The van der Waals surface area contributed by atoms with Crippen LogP contribution in [0.1, 0.15) is 19.3 Å². The van der Waals surface area contributed by atoms with Gasteiger partial charge in [0.05, 0.1) is 5.75 Å². The summed E-state index contributed by atoms with van der Waals surface area (Å²) in [5.74, 6) is 0.460. The number of amides is 2. The predicted octanol–water partition coefficient (Wildman–Crippen LogP) is -0.339. The van der Waals surface area contributed by atoms with E-state index in [-0.39, 0.29) is 18.3 Å². The van der Waals surface area contributed by atoms with Crippen LogP contribution in [0.3, 0.4) is 0 Å². The van der Waals surface area contributed by atoms with E-state index in [4.69, 9.17) is 0 Å². The number of piperidine rings is 2. The van der Waals surface area contributed by atoms with Crippen molar-refractivity contribution >= 4 is 16.1 Å². The molecule has 2 rings (SSSR count). The molecule has 2 amide bonds. The Morgan fingerprint density at radius 1 is 1.29 bits per heavy atom. The lowest BCUT2D eigenvalue weighted by Crippen LogP contribution is -2.55. The number of hydrogen-bond donors (Lipinski definition) is 2. The molecule has 2 atom stereocenters. The van der Waals surface area contributed by atoms with Gasteiger partial charge in [-0.05, 0) is 45.8 Å². The first-order chi connectivity index (χ1) is 9.93. The van der Waals surface area contributed by atoms with Crippen LogP contribution in [0, 0.1) is 5.92 Å². The lowest BCUT2D eigenvalue weighted by atomic mass is 9.84. The van der Waals surface area contributed by atoms with Gasteiger partial charge in [0.15, 0.2) is 0 Å². The molecule has 2 heterocycles. The van der Waals surface area contributed by atoms with Gasteiger partial charge in [-0.3, -0.25) is 0 Å². The average Bonchev–Trinajstić information content (AvgIpc) is 2.47. The lowest BCUT2D eigenvalue weighted by Gasteiger charge is -2.45. The van der Waals surface area contributed by atoms with Gasteiger partial charge in [0.2, 0.25) is 10.0 Å². The minimum Gasteiger partial charge on any atom is -0.337 e. The summed E-state index contributed by atoms with van der Waals surface area (Å²) < 4.78 is 24.8. The standard InChI is InChI=1S/C13H26N4O3S/c1-14-21(19,20)9-6-15-13(18)17-8-5-12-11(10-17)4-3-7-16(12)2/h11-12,14H,3-10H2,1-2H3,(H,15,18)/t11-,12-/m1/s1. The fraction of sp³-hybridized carbons (Fsp3) is 0.923. The van der Waals surface area contributed by atoms with Crippen LogP contribution in [-0.2, 0) is 10.0 Å². The molecule has 2 aliphatic heterocycles. The van der Waals surface area contributed by atoms with Crippen LogP contribution in [0.2, 0.25) is 0 Å². The number of nitrogens with one attached hydrogen (secondary N) is 2. The normalized spacial score (nSPS) is 27.2. The molecule has 2 fully saturated rings. The number of hydrogen-bond acceptors (Lipinski definition) is 4. The number of sulfonamides is 1. The van der Waals surface area contributed by atoms with Gasteiger partial charge in [-0.15, -0.1) is 0 Å². The Morgan fingerprint density at radius 3 is 2.76 bits per heavy atom. The summed E-state index contributed by atoms with van der Waals surface area (Å²) in [6.07, 6.45) is 3.36. The Hall–Kier alpha value is -0.860. The van der Waals surface area contributed by atoms with E-state index in [2.05, 4.69) is 22.0 Å². The third-order valence-corrected chi connectivity index (χ3v) is 5.95. The van der Waals surface area contributed by atoms with Gasteiger partial charge in [-0.1, -0.05) is 0 Å². The molecule has 0 bridgehead atoms. The summed E-state index contributed by atoms with van der Waals surface area (Å²) in [7, 11) is 0.276. The molecule has 2 N–H and O–H groups in total. The molecule has 0 aromatic heterocycles. The van der Waals surface area contributed by atoms with Crippen molar-refractivity contribution < 1.29 is 13.2 Å². The maximum Gasteiger partial charge on any atom is 0.317 e. The summed E-state index contributed by atoms with van der Waals surface area (Å²) in [5, 5.41) is 2.70. The molecule has 2 saturated heterocycles. The van der Waals surface area contributed by atoms with E-state index in [1.807, 2.05) is 4.90 Å². The van der Waals surface area contributed by atoms with Gasteiger partial charge in [-0.25, -0.2) is 17.9 Å². The second-order valence-corrected chi connectivity index (χ2v) is 7.99. The fourth-order valence-corrected chi connectivity index (χ4v) is 3.92. The van der Waals surface area contributed by atoms with Crippen molar-refractivity contribution in [1.82, 2.24) is 19.8 Å². The number of likely N-dealkylation sites (tertiary alicyclic amines) is 2. The van der Waals surface area contributed by atoms with Crippen molar-refractivity contribution in [1.29, 1.82) is 0 Å². The van der Waals surface area contributed by atoms with Crippen molar-refractivity contribution in [3.8, 4) is 0 Å². The largest absolute Gasteiger partial charge is 0.337 e. The quantitative estimate of drug-likeness (QED) is 0.743. The van der Waals surface area contributed by atoms with Crippen LogP contribution < -0.4 is 10.0 Å². The Balaban J connectivity index is 1.79. The number of rotatable bonds is 4. The van der Waals surface area contributed by atoms with Crippen molar-refractivity contribution in [2.24, 2.45) is 5.92 Å². The topological polar surface area (TPSA) is 81.8 Å². The van der Waals surface area contributed by atoms with Gasteiger partial charge in [0, 0.05) is 25.7 Å². The van der Waals surface area contributed by atoms with Crippen LogP contribution >= 0.6 is 0 Å². The second kappa shape index (κ2) is 6.93. The van der Waals surface area contributed by atoms with Crippen molar-refractivity contribution in [3.63, 3.8) is 0 Å². The molecule has 0 unspecified atom stereocenters. The Morgan fingerprint density at radius 2 is 2.05 bits per heavy atom. The molecule has 8 heteroatoms. The number of fused-ring (bicyclic) bond motifs is 1. The van der Waals surface area contributed by atoms with Crippen molar-refractivity contribution in [2.45, 2.75) is 25.3 Å². The van der Waals surface area contributed by atoms with E-state index in [0.717, 1.165) is 26.1 Å². The van der Waals surface area contributed by atoms with E-state index >= 15 is 0 Å². The molecule has 0 radical (unpaired) electrons. The summed E-state index contributed by atoms with van der Waals surface area (Å²) in [6.45, 7) is 2.82. The molecule has 0 saturated carbocycles. The lowest BCUT2D eigenvalue weighted by molar-refractivity contribution is 0.0517. The minimum atomic E-state index is -3.26. The van der Waals surface area contributed by atoms with Gasteiger partial charge in [-0.2, -0.15) is 0 Å². The van der Waals surface area contributed by atoms with Gasteiger partial charge < -0.3 is 15.1 Å². The van der Waals surface area contributed by atoms with Crippen molar-refractivity contribution in [3.05, 3.63) is 0 Å². The van der Waals surface area contributed by atoms with Gasteiger partial charge >= 0.3 is 6.03 Å². The minimum absolute atomic E-state index is 0.0854. The number of nitrogens with zero attached hydrogens (tertiary/aromatic N) is 2. The summed E-state index contributed by atoms with van der Waals surface area (Å²) in [6, 6.07) is 0.445. The Bertz CT molecular complexity index is 468. The number of carbonyl (C=O) groups is 1. The molecule has 122 valence electrons. The first-order valence-corrected chi connectivity index (χ1v) is 9.22. The van der Waals surface area contributed by atoms with E-state index in [1.165, 1.54) is 19.9 Å². The SMILES string of the molecule is CNS(=O)(=O)CCNC(=O)N1CC[C@@H]2[C@H](CCCN2C)C1. The Kier molecular flexibility index (Phi) is 5.45. The summed E-state index contributed by atoms with van der Waals surface area (Å²) in [5.41, 5.74) is 0. The maximum atomic E-state index is 12.1. The van der Waals surface area contributed by atoms with E-state index in [1.54, 1.807) is 0 Å². The van der Waals surface area contributed by atoms with E-state index < -0.39 is 10.0 Å². The predicted molar refractivity (Wildman–Crippen MR) is 81.6 cm³/mol. The Labute approximate surface area is 127 Å². The smallest absolute Gasteiger partial charge is 0.317 e. The highest BCUT2D eigenvalue weighted by atomic mass is 32.2. The third kappa shape index (κ3) is 4.31. The van der Waals surface area contributed by atoms with E-state index in [9.17, 15) is 13.2 Å². The molecule has 7 nitrogen and oxygen atoms in total. The molecule has 0 spiro atoms. The highest BCUT2D eigenvalue weighted by molar-refractivity contribution is 7.89. The zero-order valence-electron chi connectivity index (χ0n) is 12.8. The van der Waals surface area contributed by atoms with Crippen LogP contribution in [0.5, 0.6) is 0 Å². The highest BCUT2D eigenvalue weighted by Gasteiger charge is 2.35. The maximum absolute atomic E-state index is 12.1.